The lowest BCUT2D eigenvalue weighted by atomic mass is 10.2. The van der Waals surface area contributed by atoms with Crippen molar-refractivity contribution in [3.05, 3.63) is 39.7 Å². The molecule has 0 radical (unpaired) electrons. The molecule has 96 valence electrons. The third-order valence-corrected chi connectivity index (χ3v) is 4.09. The van der Waals surface area contributed by atoms with Gasteiger partial charge in [-0.05, 0) is 36.1 Å². The second-order valence-electron chi connectivity index (χ2n) is 4.15. The van der Waals surface area contributed by atoms with E-state index in [0.29, 0.717) is 0 Å². The number of hydrogen-bond donors (Lipinski definition) is 2. The number of nitrogen functional groups attached to an aromatic ring is 1. The number of nitrogens with zero attached hydrogens (tertiary/aromatic N) is 2. The molecule has 0 unspecified atom stereocenters. The Bertz CT molecular complexity index is 753. The normalized spacial score (nSPS) is 10.8. The molecule has 2 heterocycles. The van der Waals surface area contributed by atoms with Crippen molar-refractivity contribution < 1.29 is 0 Å². The van der Waals surface area contributed by atoms with Crippen molar-refractivity contribution in [2.45, 2.75) is 6.92 Å². The zero-order chi connectivity index (χ0) is 13.4. The van der Waals surface area contributed by atoms with Crippen molar-refractivity contribution in [2.75, 3.05) is 11.1 Å². The highest BCUT2D eigenvalue weighted by Gasteiger charge is 2.09. The maximum atomic E-state index is 5.74. The first-order valence-corrected chi connectivity index (χ1v) is 7.34. The summed E-state index contributed by atoms with van der Waals surface area (Å²) in [5.41, 5.74) is 7.88. The van der Waals surface area contributed by atoms with Crippen LogP contribution in [0.2, 0.25) is 0 Å². The average Bonchev–Trinajstić information content (AvgIpc) is 2.82. The van der Waals surface area contributed by atoms with Gasteiger partial charge in [0, 0.05) is 10.2 Å². The van der Waals surface area contributed by atoms with Crippen LogP contribution in [0, 0.1) is 6.92 Å². The minimum absolute atomic E-state index is 0.282. The lowest BCUT2D eigenvalue weighted by molar-refractivity contribution is 1.24. The van der Waals surface area contributed by atoms with Gasteiger partial charge in [0.2, 0.25) is 5.95 Å². The van der Waals surface area contributed by atoms with Gasteiger partial charge in [-0.25, -0.2) is 4.98 Å². The zero-order valence-electron chi connectivity index (χ0n) is 10.1. The first kappa shape index (κ1) is 12.4. The molecule has 0 fully saturated rings. The number of halogens is 1. The molecule has 0 spiro atoms. The highest BCUT2D eigenvalue weighted by Crippen LogP contribution is 2.30. The summed E-state index contributed by atoms with van der Waals surface area (Å²) >= 11 is 5.02. The van der Waals surface area contributed by atoms with Crippen LogP contribution in [-0.4, -0.2) is 9.97 Å². The van der Waals surface area contributed by atoms with E-state index in [0.717, 1.165) is 31.8 Å². The summed E-state index contributed by atoms with van der Waals surface area (Å²) < 4.78 is 1.02. The Morgan fingerprint density at radius 3 is 2.95 bits per heavy atom. The molecule has 0 saturated carbocycles. The number of anilines is 3. The van der Waals surface area contributed by atoms with Crippen LogP contribution in [0.25, 0.3) is 10.2 Å². The summed E-state index contributed by atoms with van der Waals surface area (Å²) in [5.74, 6) is 1.02. The topological polar surface area (TPSA) is 63.8 Å². The van der Waals surface area contributed by atoms with Crippen molar-refractivity contribution in [1.29, 1.82) is 0 Å². The Kier molecular flexibility index (Phi) is 3.12. The highest BCUT2D eigenvalue weighted by molar-refractivity contribution is 9.10. The fourth-order valence-electron chi connectivity index (χ4n) is 1.82. The second-order valence-corrected chi connectivity index (χ2v) is 5.96. The molecular weight excluding hydrogens is 324 g/mol. The van der Waals surface area contributed by atoms with Gasteiger partial charge < -0.3 is 11.1 Å². The fourth-order valence-corrected chi connectivity index (χ4v) is 2.96. The molecule has 2 aromatic heterocycles. The van der Waals surface area contributed by atoms with Crippen LogP contribution in [0.3, 0.4) is 0 Å². The fraction of sp³-hybridized carbons (Fsp3) is 0.0769. The molecule has 19 heavy (non-hydrogen) atoms. The zero-order valence-corrected chi connectivity index (χ0v) is 12.5. The Balaban J connectivity index is 2.10. The van der Waals surface area contributed by atoms with Gasteiger partial charge in [-0.2, -0.15) is 4.98 Å². The molecule has 0 aliphatic carbocycles. The van der Waals surface area contributed by atoms with E-state index in [4.69, 9.17) is 5.73 Å². The van der Waals surface area contributed by atoms with Crippen molar-refractivity contribution in [3.8, 4) is 0 Å². The maximum Gasteiger partial charge on any atom is 0.223 e. The molecule has 0 saturated heterocycles. The van der Waals surface area contributed by atoms with Gasteiger partial charge in [-0.15, -0.1) is 11.3 Å². The molecule has 3 N–H and O–H groups in total. The van der Waals surface area contributed by atoms with Gasteiger partial charge >= 0.3 is 0 Å². The molecule has 3 aromatic rings. The number of benzene rings is 1. The number of rotatable bonds is 2. The lowest BCUT2D eigenvalue weighted by Crippen LogP contribution is -2.01. The average molecular weight is 335 g/mol. The standard InChI is InChI=1S/C13H11BrN4S/c1-7-2-3-8(14)6-10(7)16-11-9-4-5-19-12(9)18-13(15)17-11/h2-6H,1H3,(H3,15,16,17,18). The summed E-state index contributed by atoms with van der Waals surface area (Å²) in [4.78, 5) is 9.39. The minimum Gasteiger partial charge on any atom is -0.368 e. The third-order valence-electron chi connectivity index (χ3n) is 2.80. The second kappa shape index (κ2) is 4.79. The first-order valence-electron chi connectivity index (χ1n) is 5.67. The molecule has 6 heteroatoms. The number of nitrogens with two attached hydrogens (primary N) is 1. The lowest BCUT2D eigenvalue weighted by Gasteiger charge is -2.10. The third kappa shape index (κ3) is 2.41. The van der Waals surface area contributed by atoms with E-state index >= 15 is 0 Å². The molecule has 0 aliphatic heterocycles. The van der Waals surface area contributed by atoms with E-state index in [2.05, 4.69) is 31.2 Å². The van der Waals surface area contributed by atoms with Gasteiger partial charge in [0.25, 0.3) is 0 Å². The number of hydrogen-bond acceptors (Lipinski definition) is 5. The summed E-state index contributed by atoms with van der Waals surface area (Å²) in [5, 5.41) is 6.30. The van der Waals surface area contributed by atoms with E-state index in [1.165, 1.54) is 0 Å². The largest absolute Gasteiger partial charge is 0.368 e. The molecule has 4 nitrogen and oxygen atoms in total. The molecule has 1 aromatic carbocycles. The van der Waals surface area contributed by atoms with E-state index in [1.807, 2.05) is 36.6 Å². The monoisotopic (exact) mass is 334 g/mol. The Hall–Kier alpha value is -1.66. The van der Waals surface area contributed by atoms with Gasteiger partial charge in [0.1, 0.15) is 10.6 Å². The van der Waals surface area contributed by atoms with Crippen LogP contribution in [0.15, 0.2) is 34.1 Å². The van der Waals surface area contributed by atoms with Crippen LogP contribution >= 0.6 is 27.3 Å². The molecule has 0 amide bonds. The predicted octanol–water partition coefficient (Wildman–Crippen LogP) is 4.09. The van der Waals surface area contributed by atoms with Crippen LogP contribution < -0.4 is 11.1 Å². The maximum absolute atomic E-state index is 5.74. The van der Waals surface area contributed by atoms with Crippen molar-refractivity contribution in [1.82, 2.24) is 9.97 Å². The van der Waals surface area contributed by atoms with E-state index in [1.54, 1.807) is 11.3 Å². The number of fused-ring (bicyclic) bond motifs is 1. The summed E-state index contributed by atoms with van der Waals surface area (Å²) in [6.45, 7) is 2.05. The first-order chi connectivity index (χ1) is 9.13. The summed E-state index contributed by atoms with van der Waals surface area (Å²) in [6, 6.07) is 8.07. The van der Waals surface area contributed by atoms with Crippen LogP contribution in [-0.2, 0) is 0 Å². The Labute approximate surface area is 122 Å². The van der Waals surface area contributed by atoms with E-state index in [-0.39, 0.29) is 5.95 Å². The smallest absolute Gasteiger partial charge is 0.223 e. The minimum atomic E-state index is 0.282. The van der Waals surface area contributed by atoms with Crippen LogP contribution in [0.5, 0.6) is 0 Å². The molecule has 3 rings (SSSR count). The highest BCUT2D eigenvalue weighted by atomic mass is 79.9. The molecule has 0 aliphatic rings. The van der Waals surface area contributed by atoms with E-state index in [9.17, 15) is 0 Å². The SMILES string of the molecule is Cc1ccc(Br)cc1Nc1nc(N)nc2sccc12. The number of nitrogens with one attached hydrogen (secondary N) is 1. The summed E-state index contributed by atoms with van der Waals surface area (Å²) in [6.07, 6.45) is 0. The molecule has 0 bridgehead atoms. The number of thiophene rings is 1. The quantitative estimate of drug-likeness (QED) is 0.740. The van der Waals surface area contributed by atoms with Crippen molar-refractivity contribution in [2.24, 2.45) is 0 Å². The number of aromatic nitrogens is 2. The Morgan fingerprint density at radius 1 is 1.26 bits per heavy atom. The summed E-state index contributed by atoms with van der Waals surface area (Å²) in [7, 11) is 0. The molecular formula is C13H11BrN4S. The predicted molar refractivity (Wildman–Crippen MR) is 84.0 cm³/mol. The van der Waals surface area contributed by atoms with E-state index < -0.39 is 0 Å². The van der Waals surface area contributed by atoms with Gasteiger partial charge in [0.05, 0.1) is 5.39 Å². The Morgan fingerprint density at radius 2 is 2.11 bits per heavy atom. The van der Waals surface area contributed by atoms with Crippen molar-refractivity contribution >= 4 is 54.9 Å². The van der Waals surface area contributed by atoms with Gasteiger partial charge in [-0.3, -0.25) is 0 Å². The molecule has 0 atom stereocenters. The van der Waals surface area contributed by atoms with Crippen LogP contribution in [0.1, 0.15) is 5.56 Å². The van der Waals surface area contributed by atoms with Crippen LogP contribution in [0.4, 0.5) is 17.5 Å². The van der Waals surface area contributed by atoms with Gasteiger partial charge in [-0.1, -0.05) is 22.0 Å². The van der Waals surface area contributed by atoms with Crippen molar-refractivity contribution in [3.63, 3.8) is 0 Å². The van der Waals surface area contributed by atoms with Gasteiger partial charge in [0.15, 0.2) is 0 Å². The number of aryl methyl sites for hydroxylation is 1.